The quantitative estimate of drug-likeness (QED) is 0.799. The molecule has 0 aliphatic heterocycles. The van der Waals surface area contributed by atoms with E-state index in [0.29, 0.717) is 11.6 Å². The van der Waals surface area contributed by atoms with Gasteiger partial charge in [0.1, 0.15) is 23.7 Å². The van der Waals surface area contributed by atoms with Crippen molar-refractivity contribution in [1.82, 2.24) is 0 Å². The minimum Gasteiger partial charge on any atom is -0.491 e. The zero-order chi connectivity index (χ0) is 15.2. The van der Waals surface area contributed by atoms with E-state index in [0.717, 1.165) is 0 Å². The first-order valence-electron chi connectivity index (χ1n) is 6.22. The van der Waals surface area contributed by atoms with Crippen LogP contribution < -0.4 is 10.1 Å². The van der Waals surface area contributed by atoms with Crippen LogP contribution in [0.5, 0.6) is 5.75 Å². The first kappa shape index (κ1) is 15.1. The number of anilines is 1. The van der Waals surface area contributed by atoms with Crippen molar-refractivity contribution in [3.05, 3.63) is 58.9 Å². The lowest BCUT2D eigenvalue weighted by Crippen LogP contribution is -2.13. The number of aromatic carboxylic acids is 1. The summed E-state index contributed by atoms with van der Waals surface area (Å²) in [7, 11) is 0. The first-order chi connectivity index (χ1) is 10.1. The molecule has 2 aromatic carbocycles. The van der Waals surface area contributed by atoms with Gasteiger partial charge in [0.15, 0.2) is 0 Å². The van der Waals surface area contributed by atoms with E-state index >= 15 is 0 Å². The lowest BCUT2D eigenvalue weighted by atomic mass is 10.2. The molecule has 2 N–H and O–H groups in total. The van der Waals surface area contributed by atoms with Crippen LogP contribution in [0.2, 0.25) is 5.02 Å². The number of rotatable bonds is 6. The standard InChI is InChI=1S/C15H13ClFNO3/c16-10-5-6-12(17)13(9-10)18-7-8-21-14-4-2-1-3-11(14)15(19)20/h1-6,9,18H,7-8H2,(H,19,20). The summed E-state index contributed by atoms with van der Waals surface area (Å²) in [6.45, 7) is 0.501. The van der Waals surface area contributed by atoms with Crippen molar-refractivity contribution >= 4 is 23.3 Å². The molecule has 0 saturated carbocycles. The summed E-state index contributed by atoms with van der Waals surface area (Å²) >= 11 is 5.78. The summed E-state index contributed by atoms with van der Waals surface area (Å²) in [5.74, 6) is -1.19. The van der Waals surface area contributed by atoms with Gasteiger partial charge in [0.2, 0.25) is 0 Å². The van der Waals surface area contributed by atoms with Gasteiger partial charge in [-0.2, -0.15) is 0 Å². The Labute approximate surface area is 126 Å². The molecule has 21 heavy (non-hydrogen) atoms. The maximum absolute atomic E-state index is 13.5. The maximum Gasteiger partial charge on any atom is 0.339 e. The van der Waals surface area contributed by atoms with Gasteiger partial charge in [-0.05, 0) is 30.3 Å². The smallest absolute Gasteiger partial charge is 0.339 e. The average Bonchev–Trinajstić information content (AvgIpc) is 2.47. The molecule has 0 saturated heterocycles. The average molecular weight is 310 g/mol. The van der Waals surface area contributed by atoms with Crippen molar-refractivity contribution in [2.75, 3.05) is 18.5 Å². The van der Waals surface area contributed by atoms with Gasteiger partial charge in [-0.15, -0.1) is 0 Å². The largest absolute Gasteiger partial charge is 0.491 e. The monoisotopic (exact) mass is 309 g/mol. The van der Waals surface area contributed by atoms with Crippen molar-refractivity contribution in [3.8, 4) is 5.75 Å². The zero-order valence-electron chi connectivity index (χ0n) is 11.0. The van der Waals surface area contributed by atoms with Crippen LogP contribution in [0.1, 0.15) is 10.4 Å². The molecular formula is C15H13ClFNO3. The number of ether oxygens (including phenoxy) is 1. The molecule has 2 rings (SSSR count). The fraction of sp³-hybridized carbons (Fsp3) is 0.133. The van der Waals surface area contributed by atoms with Crippen LogP contribution in [0, 0.1) is 5.82 Å². The maximum atomic E-state index is 13.5. The highest BCUT2D eigenvalue weighted by molar-refractivity contribution is 6.30. The van der Waals surface area contributed by atoms with Gasteiger partial charge >= 0.3 is 5.97 Å². The summed E-state index contributed by atoms with van der Waals surface area (Å²) in [5.41, 5.74) is 0.365. The van der Waals surface area contributed by atoms with E-state index in [9.17, 15) is 9.18 Å². The van der Waals surface area contributed by atoms with Crippen LogP contribution in [-0.2, 0) is 0 Å². The van der Waals surface area contributed by atoms with Crippen LogP contribution >= 0.6 is 11.6 Å². The number of nitrogens with one attached hydrogen (secondary N) is 1. The fourth-order valence-electron chi connectivity index (χ4n) is 1.75. The van der Waals surface area contributed by atoms with E-state index in [-0.39, 0.29) is 23.6 Å². The number of halogens is 2. The zero-order valence-corrected chi connectivity index (χ0v) is 11.7. The molecule has 0 aromatic heterocycles. The Morgan fingerprint density at radius 2 is 2.05 bits per heavy atom. The Morgan fingerprint density at radius 1 is 1.29 bits per heavy atom. The second kappa shape index (κ2) is 6.95. The Balaban J connectivity index is 1.91. The molecule has 0 aliphatic carbocycles. The van der Waals surface area contributed by atoms with Crippen molar-refractivity contribution in [2.24, 2.45) is 0 Å². The minimum atomic E-state index is -1.06. The van der Waals surface area contributed by atoms with Crippen LogP contribution in [0.15, 0.2) is 42.5 Å². The third kappa shape index (κ3) is 4.10. The summed E-state index contributed by atoms with van der Waals surface area (Å²) < 4.78 is 18.8. The predicted octanol–water partition coefficient (Wildman–Crippen LogP) is 3.67. The van der Waals surface area contributed by atoms with Gasteiger partial charge in [-0.3, -0.25) is 0 Å². The van der Waals surface area contributed by atoms with Crippen LogP contribution in [-0.4, -0.2) is 24.2 Å². The molecule has 0 bridgehead atoms. The first-order valence-corrected chi connectivity index (χ1v) is 6.60. The normalized spacial score (nSPS) is 10.2. The molecule has 0 spiro atoms. The Morgan fingerprint density at radius 3 is 2.81 bits per heavy atom. The van der Waals surface area contributed by atoms with E-state index in [2.05, 4.69) is 5.32 Å². The molecule has 0 amide bonds. The van der Waals surface area contributed by atoms with Crippen molar-refractivity contribution < 1.29 is 19.0 Å². The van der Waals surface area contributed by atoms with Crippen LogP contribution in [0.25, 0.3) is 0 Å². The van der Waals surface area contributed by atoms with Crippen molar-refractivity contribution in [1.29, 1.82) is 0 Å². The molecule has 0 heterocycles. The number of para-hydroxylation sites is 1. The van der Waals surface area contributed by atoms with Crippen molar-refractivity contribution in [3.63, 3.8) is 0 Å². The summed E-state index contributed by atoms with van der Waals surface area (Å²) in [5, 5.41) is 12.3. The summed E-state index contributed by atoms with van der Waals surface area (Å²) in [4.78, 5) is 11.0. The van der Waals surface area contributed by atoms with E-state index in [1.54, 1.807) is 18.2 Å². The summed E-state index contributed by atoms with van der Waals surface area (Å²) in [6.07, 6.45) is 0. The number of carboxylic acids is 1. The number of carbonyl (C=O) groups is 1. The van der Waals surface area contributed by atoms with Gasteiger partial charge in [0, 0.05) is 11.6 Å². The summed E-state index contributed by atoms with van der Waals surface area (Å²) in [6, 6.07) is 10.5. The van der Waals surface area contributed by atoms with Crippen LogP contribution in [0.4, 0.5) is 10.1 Å². The van der Waals surface area contributed by atoms with Gasteiger partial charge < -0.3 is 15.2 Å². The van der Waals surface area contributed by atoms with E-state index in [1.807, 2.05) is 0 Å². The van der Waals surface area contributed by atoms with Gasteiger partial charge in [-0.1, -0.05) is 23.7 Å². The number of benzene rings is 2. The third-order valence-corrected chi connectivity index (χ3v) is 2.96. The minimum absolute atomic E-state index is 0.0893. The van der Waals surface area contributed by atoms with Gasteiger partial charge in [-0.25, -0.2) is 9.18 Å². The Kier molecular flexibility index (Phi) is 5.00. The highest BCUT2D eigenvalue weighted by Crippen LogP contribution is 2.20. The second-order valence-corrected chi connectivity index (χ2v) is 4.64. The Hall–Kier alpha value is -2.27. The van der Waals surface area contributed by atoms with E-state index < -0.39 is 11.8 Å². The van der Waals surface area contributed by atoms with E-state index in [4.69, 9.17) is 21.4 Å². The van der Waals surface area contributed by atoms with Gasteiger partial charge in [0.05, 0.1) is 5.69 Å². The lowest BCUT2D eigenvalue weighted by Gasteiger charge is -2.11. The topological polar surface area (TPSA) is 58.6 Å². The number of hydrogen-bond donors (Lipinski definition) is 2. The molecule has 0 unspecified atom stereocenters. The van der Waals surface area contributed by atoms with Crippen molar-refractivity contribution in [2.45, 2.75) is 0 Å². The molecule has 4 nitrogen and oxygen atoms in total. The molecule has 0 atom stereocenters. The highest BCUT2D eigenvalue weighted by atomic mass is 35.5. The lowest BCUT2D eigenvalue weighted by molar-refractivity contribution is 0.0692. The van der Waals surface area contributed by atoms with E-state index in [1.165, 1.54) is 24.3 Å². The van der Waals surface area contributed by atoms with Crippen LogP contribution in [0.3, 0.4) is 0 Å². The SMILES string of the molecule is O=C(O)c1ccccc1OCCNc1cc(Cl)ccc1F. The Bertz CT molecular complexity index is 649. The predicted molar refractivity (Wildman–Crippen MR) is 78.8 cm³/mol. The molecule has 110 valence electrons. The molecule has 6 heteroatoms. The molecule has 0 radical (unpaired) electrons. The molecule has 0 aliphatic rings. The fourth-order valence-corrected chi connectivity index (χ4v) is 1.92. The second-order valence-electron chi connectivity index (χ2n) is 4.20. The molecular weight excluding hydrogens is 297 g/mol. The van der Waals surface area contributed by atoms with Gasteiger partial charge in [0.25, 0.3) is 0 Å². The molecule has 0 fully saturated rings. The highest BCUT2D eigenvalue weighted by Gasteiger charge is 2.09. The molecule has 2 aromatic rings. The number of hydrogen-bond acceptors (Lipinski definition) is 3. The third-order valence-electron chi connectivity index (χ3n) is 2.72. The number of carboxylic acid groups (broad SMARTS) is 1.